The molecule has 4 rings (SSSR count). The second kappa shape index (κ2) is 4.80. The highest BCUT2D eigenvalue weighted by molar-refractivity contribution is 5.77. The van der Waals surface area contributed by atoms with Crippen molar-refractivity contribution in [2.75, 3.05) is 0 Å². The predicted molar refractivity (Wildman–Crippen MR) is 88.3 cm³/mol. The van der Waals surface area contributed by atoms with E-state index in [0.29, 0.717) is 5.92 Å². The van der Waals surface area contributed by atoms with E-state index in [0.717, 1.165) is 16.6 Å². The lowest BCUT2D eigenvalue weighted by Crippen LogP contribution is -2.16. The smallest absolute Gasteiger partial charge is 0.255 e. The zero-order chi connectivity index (χ0) is 15.3. The first-order valence-electron chi connectivity index (χ1n) is 7.72. The van der Waals surface area contributed by atoms with Crippen LogP contribution >= 0.6 is 0 Å². The summed E-state index contributed by atoms with van der Waals surface area (Å²) in [6.45, 7) is 4.18. The molecule has 1 aliphatic rings. The van der Waals surface area contributed by atoms with E-state index < -0.39 is 0 Å². The van der Waals surface area contributed by atoms with Crippen molar-refractivity contribution in [3.63, 3.8) is 0 Å². The molecule has 0 atom stereocenters. The highest BCUT2D eigenvalue weighted by Gasteiger charge is 2.28. The van der Waals surface area contributed by atoms with Gasteiger partial charge in [0.1, 0.15) is 0 Å². The van der Waals surface area contributed by atoms with Gasteiger partial charge >= 0.3 is 0 Å². The minimum atomic E-state index is 0.0567. The van der Waals surface area contributed by atoms with Crippen molar-refractivity contribution in [2.24, 2.45) is 0 Å². The van der Waals surface area contributed by atoms with Gasteiger partial charge in [0.15, 0.2) is 0 Å². The monoisotopic (exact) mass is 290 g/mol. The van der Waals surface area contributed by atoms with E-state index in [9.17, 15) is 4.79 Å². The molecule has 1 fully saturated rings. The van der Waals surface area contributed by atoms with Gasteiger partial charge in [-0.3, -0.25) is 14.2 Å². The van der Waals surface area contributed by atoms with Crippen LogP contribution < -0.4 is 5.56 Å². The van der Waals surface area contributed by atoms with E-state index in [2.05, 4.69) is 18.8 Å². The fraction of sp³-hybridized carbons (Fsp3) is 0.263. The van der Waals surface area contributed by atoms with Gasteiger partial charge in [-0.05, 0) is 78.6 Å². The molecule has 0 radical (unpaired) electrons. The summed E-state index contributed by atoms with van der Waals surface area (Å²) in [5.41, 5.74) is 7.13. The number of rotatable bonds is 2. The van der Waals surface area contributed by atoms with E-state index in [-0.39, 0.29) is 5.56 Å². The summed E-state index contributed by atoms with van der Waals surface area (Å²) in [7, 11) is 0. The first-order chi connectivity index (χ1) is 10.7. The van der Waals surface area contributed by atoms with Crippen LogP contribution in [-0.2, 0) is 0 Å². The zero-order valence-electron chi connectivity index (χ0n) is 12.8. The molecule has 3 nitrogen and oxygen atoms in total. The lowest BCUT2D eigenvalue weighted by molar-refractivity contribution is 1.01. The van der Waals surface area contributed by atoms with E-state index in [4.69, 9.17) is 0 Å². The van der Waals surface area contributed by atoms with Gasteiger partial charge < -0.3 is 0 Å². The summed E-state index contributed by atoms with van der Waals surface area (Å²) in [6.07, 6.45) is 7.99. The summed E-state index contributed by atoms with van der Waals surface area (Å²) in [4.78, 5) is 16.4. The average Bonchev–Trinajstić information content (AvgIpc) is 3.34. The number of fused-ring (bicyclic) bond motifs is 1. The fourth-order valence-corrected chi connectivity index (χ4v) is 3.42. The molecule has 3 heteroatoms. The third-order valence-corrected chi connectivity index (χ3v) is 4.62. The van der Waals surface area contributed by atoms with Gasteiger partial charge in [0.2, 0.25) is 0 Å². The molecule has 0 amide bonds. The van der Waals surface area contributed by atoms with E-state index in [1.165, 1.54) is 29.5 Å². The molecule has 22 heavy (non-hydrogen) atoms. The van der Waals surface area contributed by atoms with Gasteiger partial charge in [-0.25, -0.2) is 0 Å². The predicted octanol–water partition coefficient (Wildman–Crippen LogP) is 3.86. The Bertz CT molecular complexity index is 922. The number of hydrogen-bond acceptors (Lipinski definition) is 2. The lowest BCUT2D eigenvalue weighted by Gasteiger charge is -2.16. The summed E-state index contributed by atoms with van der Waals surface area (Å²) in [5.74, 6) is 0.613. The Kier molecular flexibility index (Phi) is 2.89. The maximum Gasteiger partial charge on any atom is 0.255 e. The van der Waals surface area contributed by atoms with Crippen molar-refractivity contribution in [1.29, 1.82) is 0 Å². The maximum absolute atomic E-state index is 12.3. The van der Waals surface area contributed by atoms with Gasteiger partial charge in [0, 0.05) is 24.7 Å². The Labute approximate surface area is 129 Å². The minimum absolute atomic E-state index is 0.0567. The highest BCUT2D eigenvalue weighted by Crippen LogP contribution is 2.44. The Morgan fingerprint density at radius 3 is 2.55 bits per heavy atom. The quantitative estimate of drug-likeness (QED) is 0.718. The molecule has 3 aromatic rings. The van der Waals surface area contributed by atoms with Gasteiger partial charge in [-0.15, -0.1) is 0 Å². The Hall–Kier alpha value is -2.42. The van der Waals surface area contributed by atoms with Crippen molar-refractivity contribution in [1.82, 2.24) is 9.38 Å². The molecule has 0 saturated heterocycles. The fourth-order valence-electron chi connectivity index (χ4n) is 3.42. The number of nitrogens with zero attached hydrogens (tertiary/aromatic N) is 2. The molecule has 3 heterocycles. The Balaban J connectivity index is 2.10. The second-order valence-corrected chi connectivity index (χ2v) is 6.16. The van der Waals surface area contributed by atoms with Gasteiger partial charge in [-0.2, -0.15) is 0 Å². The average molecular weight is 290 g/mol. The van der Waals surface area contributed by atoms with Crippen molar-refractivity contribution >= 4 is 5.52 Å². The maximum atomic E-state index is 12.3. The van der Waals surface area contributed by atoms with Crippen LogP contribution in [0.5, 0.6) is 0 Å². The van der Waals surface area contributed by atoms with Crippen LogP contribution in [0.15, 0.2) is 47.7 Å². The van der Waals surface area contributed by atoms with E-state index in [1.54, 1.807) is 10.5 Å². The number of hydrogen-bond donors (Lipinski definition) is 0. The SMILES string of the molecule is Cc1cc(=O)n2ccc(-c3ccncc3)c(C)c2c1C1CC1. The first kappa shape index (κ1) is 13.3. The molecule has 0 unspecified atom stereocenters. The summed E-state index contributed by atoms with van der Waals surface area (Å²) >= 11 is 0. The summed E-state index contributed by atoms with van der Waals surface area (Å²) < 4.78 is 1.81. The van der Waals surface area contributed by atoms with Gasteiger partial charge in [0.05, 0.1) is 5.52 Å². The highest BCUT2D eigenvalue weighted by atomic mass is 16.1. The molecule has 0 N–H and O–H groups in total. The Morgan fingerprint density at radius 1 is 1.14 bits per heavy atom. The van der Waals surface area contributed by atoms with Crippen LogP contribution in [0.25, 0.3) is 16.6 Å². The topological polar surface area (TPSA) is 34.4 Å². The molecule has 1 saturated carbocycles. The van der Waals surface area contributed by atoms with Crippen LogP contribution in [0.4, 0.5) is 0 Å². The molecule has 3 aromatic heterocycles. The molecule has 110 valence electrons. The first-order valence-corrected chi connectivity index (χ1v) is 7.72. The normalized spacial score (nSPS) is 14.5. The summed E-state index contributed by atoms with van der Waals surface area (Å²) in [5, 5.41) is 0. The zero-order valence-corrected chi connectivity index (χ0v) is 12.8. The van der Waals surface area contributed by atoms with Crippen LogP contribution in [0.3, 0.4) is 0 Å². The third kappa shape index (κ3) is 1.97. The van der Waals surface area contributed by atoms with Crippen LogP contribution in [0.2, 0.25) is 0 Å². The van der Waals surface area contributed by atoms with Crippen LogP contribution in [0.1, 0.15) is 35.4 Å². The number of aromatic nitrogens is 2. The van der Waals surface area contributed by atoms with Gasteiger partial charge in [-0.1, -0.05) is 0 Å². The minimum Gasteiger partial charge on any atom is -0.284 e. The molecular weight excluding hydrogens is 272 g/mol. The molecule has 0 bridgehead atoms. The van der Waals surface area contributed by atoms with E-state index in [1.807, 2.05) is 36.8 Å². The van der Waals surface area contributed by atoms with Crippen molar-refractivity contribution < 1.29 is 0 Å². The van der Waals surface area contributed by atoms with Crippen LogP contribution in [0, 0.1) is 13.8 Å². The molecule has 0 aliphatic heterocycles. The molecule has 1 aliphatic carbocycles. The van der Waals surface area contributed by atoms with Crippen molar-refractivity contribution in [3.8, 4) is 11.1 Å². The second-order valence-electron chi connectivity index (χ2n) is 6.16. The molecular formula is C19H18N2O. The molecule has 0 spiro atoms. The van der Waals surface area contributed by atoms with Crippen LogP contribution in [-0.4, -0.2) is 9.38 Å². The largest absolute Gasteiger partial charge is 0.284 e. The molecule has 0 aromatic carbocycles. The Morgan fingerprint density at radius 2 is 1.86 bits per heavy atom. The van der Waals surface area contributed by atoms with Crippen molar-refractivity contribution in [2.45, 2.75) is 32.6 Å². The van der Waals surface area contributed by atoms with Crippen molar-refractivity contribution in [3.05, 3.63) is 69.9 Å². The number of aryl methyl sites for hydroxylation is 2. The lowest BCUT2D eigenvalue weighted by atomic mass is 9.96. The third-order valence-electron chi connectivity index (χ3n) is 4.62. The standard InChI is InChI=1S/C19H18N2O/c1-12-11-17(22)21-10-7-16(14-5-8-20-9-6-14)13(2)19(21)18(12)15-3-4-15/h5-11,15H,3-4H2,1-2H3. The summed E-state index contributed by atoms with van der Waals surface area (Å²) in [6, 6.07) is 7.84. The van der Waals surface area contributed by atoms with E-state index >= 15 is 0 Å². The number of pyridine rings is 3. The van der Waals surface area contributed by atoms with Gasteiger partial charge in [0.25, 0.3) is 5.56 Å².